The minimum Gasteiger partial charge on any atom is -0.326 e. The number of sulfonamides is 1. The average Bonchev–Trinajstić information content (AvgIpc) is 2.91. The highest BCUT2D eigenvalue weighted by molar-refractivity contribution is 7.98. The summed E-state index contributed by atoms with van der Waals surface area (Å²) in [6, 6.07) is 11.1. The summed E-state index contributed by atoms with van der Waals surface area (Å²) >= 11 is 1.56. The Balaban J connectivity index is 1.80. The van der Waals surface area contributed by atoms with Crippen LogP contribution in [0.15, 0.2) is 52.3 Å². The topological polar surface area (TPSA) is 104 Å². The molecule has 166 valence electrons. The fourth-order valence-corrected chi connectivity index (χ4v) is 5.22. The molecule has 1 heterocycles. The summed E-state index contributed by atoms with van der Waals surface area (Å²) < 4.78 is 28.7. The van der Waals surface area contributed by atoms with Gasteiger partial charge in [0.05, 0.1) is 4.90 Å². The first-order chi connectivity index (χ1) is 14.7. The number of rotatable bonds is 7. The maximum atomic E-state index is 13.1. The first-order valence-electron chi connectivity index (χ1n) is 10.1. The molecule has 1 atom stereocenters. The van der Waals surface area contributed by atoms with E-state index in [1.54, 1.807) is 43.8 Å². The van der Waals surface area contributed by atoms with E-state index in [-0.39, 0.29) is 16.7 Å². The summed E-state index contributed by atoms with van der Waals surface area (Å²) in [5, 5.41) is 5.60. The van der Waals surface area contributed by atoms with Crippen LogP contribution in [0.3, 0.4) is 0 Å². The summed E-state index contributed by atoms with van der Waals surface area (Å²) in [4.78, 5) is 25.7. The smallest absolute Gasteiger partial charge is 0.242 e. The van der Waals surface area contributed by atoms with Crippen LogP contribution in [0.5, 0.6) is 0 Å². The van der Waals surface area contributed by atoms with Crippen molar-refractivity contribution in [2.75, 3.05) is 16.9 Å². The molecule has 1 aliphatic rings. The summed E-state index contributed by atoms with van der Waals surface area (Å²) in [6.45, 7) is 3.58. The van der Waals surface area contributed by atoms with Gasteiger partial charge in [0.15, 0.2) is 0 Å². The molecule has 0 fully saturated rings. The Morgan fingerprint density at radius 2 is 1.90 bits per heavy atom. The molecule has 1 aliphatic heterocycles. The van der Waals surface area contributed by atoms with E-state index < -0.39 is 22.0 Å². The molecule has 31 heavy (non-hydrogen) atoms. The molecular weight excluding hydrogens is 434 g/mol. The second-order valence-electron chi connectivity index (χ2n) is 7.78. The molecule has 2 aromatic carbocycles. The van der Waals surface area contributed by atoms with Crippen molar-refractivity contribution >= 4 is 45.0 Å². The molecule has 0 spiro atoms. The number of nitrogens with one attached hydrogen (secondary N) is 3. The van der Waals surface area contributed by atoms with Crippen LogP contribution >= 0.6 is 11.8 Å². The van der Waals surface area contributed by atoms with Gasteiger partial charge in [-0.2, -0.15) is 4.72 Å². The largest absolute Gasteiger partial charge is 0.326 e. The lowest BCUT2D eigenvalue weighted by atomic mass is 10.0. The van der Waals surface area contributed by atoms with Gasteiger partial charge in [0.2, 0.25) is 21.8 Å². The highest BCUT2D eigenvalue weighted by Crippen LogP contribution is 2.26. The van der Waals surface area contributed by atoms with Gasteiger partial charge in [-0.05, 0) is 67.0 Å². The van der Waals surface area contributed by atoms with Crippen LogP contribution in [0.4, 0.5) is 11.4 Å². The van der Waals surface area contributed by atoms with Crippen LogP contribution in [0.2, 0.25) is 0 Å². The van der Waals surface area contributed by atoms with E-state index in [4.69, 9.17) is 0 Å². The minimum atomic E-state index is -3.94. The maximum absolute atomic E-state index is 13.1. The summed E-state index contributed by atoms with van der Waals surface area (Å²) in [5.41, 5.74) is 2.02. The number of carbonyl (C=O) groups is 2. The first kappa shape index (κ1) is 23.3. The van der Waals surface area contributed by atoms with Crippen LogP contribution in [-0.2, 0) is 26.0 Å². The van der Waals surface area contributed by atoms with Crippen LogP contribution in [0.25, 0.3) is 0 Å². The molecule has 0 saturated heterocycles. The van der Waals surface area contributed by atoms with E-state index in [1.807, 2.05) is 24.5 Å². The number of hydrogen-bond acceptors (Lipinski definition) is 5. The van der Waals surface area contributed by atoms with Gasteiger partial charge in [0.25, 0.3) is 0 Å². The molecule has 3 N–H and O–H groups in total. The fourth-order valence-electron chi connectivity index (χ4n) is 3.37. The second-order valence-corrected chi connectivity index (χ2v) is 10.4. The molecule has 2 amide bonds. The van der Waals surface area contributed by atoms with E-state index >= 15 is 0 Å². The van der Waals surface area contributed by atoms with Crippen molar-refractivity contribution in [3.05, 3.63) is 48.0 Å². The number of fused-ring (bicyclic) bond motifs is 1. The zero-order chi connectivity index (χ0) is 22.6. The van der Waals surface area contributed by atoms with Crippen molar-refractivity contribution in [1.29, 1.82) is 0 Å². The van der Waals surface area contributed by atoms with E-state index in [0.29, 0.717) is 30.6 Å². The summed E-state index contributed by atoms with van der Waals surface area (Å²) in [6.07, 6.45) is 3.61. The molecule has 0 saturated carbocycles. The third-order valence-electron chi connectivity index (χ3n) is 5.08. The van der Waals surface area contributed by atoms with Crippen LogP contribution in [-0.4, -0.2) is 32.5 Å². The molecule has 0 radical (unpaired) electrons. The van der Waals surface area contributed by atoms with Crippen LogP contribution < -0.4 is 15.4 Å². The van der Waals surface area contributed by atoms with E-state index in [9.17, 15) is 18.0 Å². The molecule has 7 nitrogen and oxygen atoms in total. The Labute approximate surface area is 187 Å². The first-order valence-corrected chi connectivity index (χ1v) is 12.8. The van der Waals surface area contributed by atoms with Gasteiger partial charge < -0.3 is 10.6 Å². The fraction of sp³-hybridized carbons (Fsp3) is 0.364. The number of thioether (sulfide) groups is 1. The van der Waals surface area contributed by atoms with Gasteiger partial charge in [-0.15, -0.1) is 11.8 Å². The van der Waals surface area contributed by atoms with E-state index in [1.165, 1.54) is 6.07 Å². The third kappa shape index (κ3) is 5.87. The Hall–Kier alpha value is -2.36. The molecule has 2 aromatic rings. The highest BCUT2D eigenvalue weighted by atomic mass is 32.2. The standard InChI is InChI=1S/C22H27N3O4S2/c1-14(2)21(22(27)23-16-7-5-8-17(13-16)30-3)25-31(28,29)18-10-11-19-15(12-18)6-4-9-20(26)24-19/h5,7-8,10-14,21,25H,4,6,9H2,1-3H3,(H,23,27)(H,24,26)/t21-/m1/s1. The van der Waals surface area contributed by atoms with Gasteiger partial charge >= 0.3 is 0 Å². The molecule has 9 heteroatoms. The predicted molar refractivity (Wildman–Crippen MR) is 124 cm³/mol. The molecular formula is C22H27N3O4S2. The molecule has 0 unspecified atom stereocenters. The number of aryl methyl sites for hydroxylation is 1. The van der Waals surface area contributed by atoms with Crippen LogP contribution in [0, 0.1) is 5.92 Å². The molecule has 3 rings (SSSR count). The van der Waals surface area contributed by atoms with Gasteiger partial charge in [-0.3, -0.25) is 9.59 Å². The quantitative estimate of drug-likeness (QED) is 0.546. The lowest BCUT2D eigenvalue weighted by molar-refractivity contribution is -0.118. The number of carbonyl (C=O) groups excluding carboxylic acids is 2. The normalized spacial score (nSPS) is 15.0. The Morgan fingerprint density at radius 3 is 2.61 bits per heavy atom. The average molecular weight is 462 g/mol. The second kappa shape index (κ2) is 9.84. The highest BCUT2D eigenvalue weighted by Gasteiger charge is 2.29. The molecule has 0 aliphatic carbocycles. The predicted octanol–water partition coefficient (Wildman–Crippen LogP) is 3.62. The minimum absolute atomic E-state index is 0.0743. The van der Waals surface area contributed by atoms with Crippen LogP contribution in [0.1, 0.15) is 32.3 Å². The van der Waals surface area contributed by atoms with Gasteiger partial charge in [0, 0.05) is 22.7 Å². The number of anilines is 2. The van der Waals surface area contributed by atoms with E-state index in [2.05, 4.69) is 15.4 Å². The van der Waals surface area contributed by atoms with Crippen molar-refractivity contribution in [2.45, 2.75) is 48.9 Å². The SMILES string of the molecule is CSc1cccc(NC(=O)[C@H](NS(=O)(=O)c2ccc3c(c2)CCCC(=O)N3)C(C)C)c1. The van der Waals surface area contributed by atoms with Crippen molar-refractivity contribution in [3.63, 3.8) is 0 Å². The summed E-state index contributed by atoms with van der Waals surface area (Å²) in [5.74, 6) is -0.757. The number of amides is 2. The van der Waals surface area contributed by atoms with Crippen molar-refractivity contribution in [2.24, 2.45) is 5.92 Å². The van der Waals surface area contributed by atoms with E-state index in [0.717, 1.165) is 10.5 Å². The van der Waals surface area contributed by atoms with Gasteiger partial charge in [-0.25, -0.2) is 8.42 Å². The number of hydrogen-bond donors (Lipinski definition) is 3. The maximum Gasteiger partial charge on any atom is 0.242 e. The molecule has 0 bridgehead atoms. The van der Waals surface area contributed by atoms with Crippen molar-refractivity contribution in [1.82, 2.24) is 4.72 Å². The zero-order valence-corrected chi connectivity index (χ0v) is 19.4. The Kier molecular flexibility index (Phi) is 7.40. The van der Waals surface area contributed by atoms with Gasteiger partial charge in [0.1, 0.15) is 6.04 Å². The Morgan fingerprint density at radius 1 is 1.13 bits per heavy atom. The summed E-state index contributed by atoms with van der Waals surface area (Å²) in [7, 11) is -3.94. The molecule has 0 aromatic heterocycles. The monoisotopic (exact) mass is 461 g/mol. The zero-order valence-electron chi connectivity index (χ0n) is 17.8. The van der Waals surface area contributed by atoms with Crippen molar-refractivity contribution < 1.29 is 18.0 Å². The van der Waals surface area contributed by atoms with Crippen molar-refractivity contribution in [3.8, 4) is 0 Å². The van der Waals surface area contributed by atoms with Gasteiger partial charge in [-0.1, -0.05) is 19.9 Å². The lowest BCUT2D eigenvalue weighted by Crippen LogP contribution is -2.47. The third-order valence-corrected chi connectivity index (χ3v) is 7.24. The lowest BCUT2D eigenvalue weighted by Gasteiger charge is -2.22. The Bertz CT molecular complexity index is 1080. The number of benzene rings is 2.